The Morgan fingerprint density at radius 2 is 2.31 bits per heavy atom. The van der Waals surface area contributed by atoms with Crippen LogP contribution in [0.5, 0.6) is 0 Å². The highest BCUT2D eigenvalue weighted by molar-refractivity contribution is 5.76. The van der Waals surface area contributed by atoms with Gasteiger partial charge >= 0.3 is 0 Å². The standard InChI is InChI=1S/C13H17N3/c1-9-5-6-10-12(8-9)16(2)13(15-10)11-4-3-7-14-11/h5-6,8,11,14H,3-4,7H2,1-2H3/t11-/m0/s1. The number of imidazole rings is 1. The summed E-state index contributed by atoms with van der Waals surface area (Å²) in [7, 11) is 2.12. The molecule has 1 aromatic carbocycles. The van der Waals surface area contributed by atoms with Crippen molar-refractivity contribution in [2.75, 3.05) is 6.54 Å². The van der Waals surface area contributed by atoms with Crippen molar-refractivity contribution in [3.05, 3.63) is 29.6 Å². The normalized spacial score (nSPS) is 20.8. The van der Waals surface area contributed by atoms with E-state index in [2.05, 4.69) is 42.1 Å². The summed E-state index contributed by atoms with van der Waals surface area (Å²) < 4.78 is 2.23. The minimum atomic E-state index is 0.442. The first-order chi connectivity index (χ1) is 7.75. The zero-order chi connectivity index (χ0) is 11.1. The Morgan fingerprint density at radius 3 is 3.06 bits per heavy atom. The lowest BCUT2D eigenvalue weighted by molar-refractivity contribution is 0.584. The number of nitrogens with zero attached hydrogens (tertiary/aromatic N) is 2. The van der Waals surface area contributed by atoms with Gasteiger partial charge in [-0.2, -0.15) is 0 Å². The van der Waals surface area contributed by atoms with Gasteiger partial charge in [-0.3, -0.25) is 0 Å². The van der Waals surface area contributed by atoms with E-state index in [0.717, 1.165) is 12.1 Å². The summed E-state index contributed by atoms with van der Waals surface area (Å²) in [5.41, 5.74) is 3.64. The van der Waals surface area contributed by atoms with Crippen LogP contribution in [0.4, 0.5) is 0 Å². The van der Waals surface area contributed by atoms with Crippen molar-refractivity contribution in [3.63, 3.8) is 0 Å². The SMILES string of the molecule is Cc1ccc2nc([C@@H]3CCCN3)n(C)c2c1. The van der Waals surface area contributed by atoms with Crippen LogP contribution in [0.3, 0.4) is 0 Å². The van der Waals surface area contributed by atoms with Crippen molar-refractivity contribution in [1.82, 2.24) is 14.9 Å². The number of fused-ring (bicyclic) bond motifs is 1. The average molecular weight is 215 g/mol. The average Bonchev–Trinajstić information content (AvgIpc) is 2.87. The second-order valence-electron chi connectivity index (χ2n) is 4.67. The predicted octanol–water partition coefficient (Wildman–Crippen LogP) is 2.31. The van der Waals surface area contributed by atoms with E-state index in [-0.39, 0.29) is 0 Å². The zero-order valence-electron chi connectivity index (χ0n) is 9.83. The summed E-state index contributed by atoms with van der Waals surface area (Å²) in [6.45, 7) is 3.24. The van der Waals surface area contributed by atoms with Gasteiger partial charge in [-0.25, -0.2) is 4.98 Å². The van der Waals surface area contributed by atoms with Crippen LogP contribution in [0.2, 0.25) is 0 Å². The number of nitrogens with one attached hydrogen (secondary N) is 1. The molecule has 2 heterocycles. The van der Waals surface area contributed by atoms with E-state index in [9.17, 15) is 0 Å². The molecule has 3 heteroatoms. The molecule has 84 valence electrons. The van der Waals surface area contributed by atoms with Crippen LogP contribution < -0.4 is 5.32 Å². The van der Waals surface area contributed by atoms with Crippen LogP contribution in [0.25, 0.3) is 11.0 Å². The van der Waals surface area contributed by atoms with E-state index < -0.39 is 0 Å². The maximum absolute atomic E-state index is 4.74. The first-order valence-corrected chi connectivity index (χ1v) is 5.92. The molecule has 0 spiro atoms. The number of rotatable bonds is 1. The van der Waals surface area contributed by atoms with Crippen LogP contribution in [0.1, 0.15) is 30.3 Å². The Kier molecular flexibility index (Phi) is 2.21. The second-order valence-corrected chi connectivity index (χ2v) is 4.67. The van der Waals surface area contributed by atoms with Crippen molar-refractivity contribution in [3.8, 4) is 0 Å². The van der Waals surface area contributed by atoms with Crippen molar-refractivity contribution >= 4 is 11.0 Å². The van der Waals surface area contributed by atoms with Crippen molar-refractivity contribution in [2.24, 2.45) is 7.05 Å². The smallest absolute Gasteiger partial charge is 0.126 e. The minimum Gasteiger partial charge on any atom is -0.330 e. The highest BCUT2D eigenvalue weighted by Gasteiger charge is 2.21. The maximum atomic E-state index is 4.74. The van der Waals surface area contributed by atoms with Crippen molar-refractivity contribution < 1.29 is 0 Å². The third kappa shape index (κ3) is 1.43. The largest absolute Gasteiger partial charge is 0.330 e. The molecule has 1 fully saturated rings. The van der Waals surface area contributed by atoms with Crippen molar-refractivity contribution in [2.45, 2.75) is 25.8 Å². The summed E-state index contributed by atoms with van der Waals surface area (Å²) in [6.07, 6.45) is 2.46. The first-order valence-electron chi connectivity index (χ1n) is 5.92. The predicted molar refractivity (Wildman–Crippen MR) is 65.4 cm³/mol. The molecule has 0 bridgehead atoms. The Balaban J connectivity index is 2.15. The molecule has 0 amide bonds. The molecular weight excluding hydrogens is 198 g/mol. The Morgan fingerprint density at radius 1 is 1.44 bits per heavy atom. The van der Waals surface area contributed by atoms with Gasteiger partial charge in [-0.1, -0.05) is 6.07 Å². The van der Waals surface area contributed by atoms with E-state index in [1.807, 2.05) is 0 Å². The quantitative estimate of drug-likeness (QED) is 0.791. The molecule has 0 saturated carbocycles. The van der Waals surface area contributed by atoms with E-state index >= 15 is 0 Å². The molecule has 3 rings (SSSR count). The van der Waals surface area contributed by atoms with Gasteiger partial charge in [-0.05, 0) is 44.0 Å². The Labute approximate surface area is 95.5 Å². The molecule has 3 nitrogen and oxygen atoms in total. The van der Waals surface area contributed by atoms with E-state index in [1.165, 1.54) is 29.7 Å². The minimum absolute atomic E-state index is 0.442. The molecule has 1 aliphatic heterocycles. The second kappa shape index (κ2) is 3.59. The molecule has 0 aliphatic carbocycles. The lowest BCUT2D eigenvalue weighted by Crippen LogP contribution is -2.16. The van der Waals surface area contributed by atoms with E-state index in [1.54, 1.807) is 0 Å². The van der Waals surface area contributed by atoms with Gasteiger partial charge in [0.15, 0.2) is 0 Å². The van der Waals surface area contributed by atoms with E-state index in [4.69, 9.17) is 4.98 Å². The van der Waals surface area contributed by atoms with Crippen LogP contribution in [-0.4, -0.2) is 16.1 Å². The van der Waals surface area contributed by atoms with Gasteiger partial charge in [0.05, 0.1) is 17.1 Å². The fraction of sp³-hybridized carbons (Fsp3) is 0.462. The van der Waals surface area contributed by atoms with Gasteiger partial charge in [0.2, 0.25) is 0 Å². The molecule has 1 N–H and O–H groups in total. The summed E-state index contributed by atoms with van der Waals surface area (Å²) in [5, 5.41) is 3.51. The number of aromatic nitrogens is 2. The van der Waals surface area contributed by atoms with Crippen molar-refractivity contribution in [1.29, 1.82) is 0 Å². The van der Waals surface area contributed by atoms with Crippen LogP contribution in [0.15, 0.2) is 18.2 Å². The summed E-state index contributed by atoms with van der Waals surface area (Å²) >= 11 is 0. The monoisotopic (exact) mass is 215 g/mol. The molecule has 1 aromatic heterocycles. The first kappa shape index (κ1) is 9.85. The van der Waals surface area contributed by atoms with Gasteiger partial charge in [-0.15, -0.1) is 0 Å². The molecule has 2 aromatic rings. The maximum Gasteiger partial charge on any atom is 0.126 e. The number of benzene rings is 1. The molecule has 1 atom stereocenters. The lowest BCUT2D eigenvalue weighted by Gasteiger charge is -2.09. The van der Waals surface area contributed by atoms with Crippen LogP contribution in [-0.2, 0) is 7.05 Å². The summed E-state index contributed by atoms with van der Waals surface area (Å²) in [4.78, 5) is 4.74. The highest BCUT2D eigenvalue weighted by Crippen LogP contribution is 2.25. The van der Waals surface area contributed by atoms with E-state index in [0.29, 0.717) is 6.04 Å². The van der Waals surface area contributed by atoms with Crippen LogP contribution >= 0.6 is 0 Å². The van der Waals surface area contributed by atoms with Gasteiger partial charge < -0.3 is 9.88 Å². The molecule has 1 aliphatic rings. The zero-order valence-corrected chi connectivity index (χ0v) is 9.83. The molecule has 1 saturated heterocycles. The number of hydrogen-bond acceptors (Lipinski definition) is 2. The molecule has 16 heavy (non-hydrogen) atoms. The molecule has 0 unspecified atom stereocenters. The molecular formula is C13H17N3. The third-order valence-corrected chi connectivity index (χ3v) is 3.44. The fourth-order valence-corrected chi connectivity index (χ4v) is 2.54. The topological polar surface area (TPSA) is 29.9 Å². The van der Waals surface area contributed by atoms with Gasteiger partial charge in [0, 0.05) is 7.05 Å². The number of hydrogen-bond donors (Lipinski definition) is 1. The molecule has 0 radical (unpaired) electrons. The highest BCUT2D eigenvalue weighted by atomic mass is 15.1. The van der Waals surface area contributed by atoms with Gasteiger partial charge in [0.1, 0.15) is 5.82 Å². The summed E-state index contributed by atoms with van der Waals surface area (Å²) in [5.74, 6) is 1.18. The third-order valence-electron chi connectivity index (χ3n) is 3.44. The Hall–Kier alpha value is -1.35. The Bertz CT molecular complexity index is 521. The fourth-order valence-electron chi connectivity index (χ4n) is 2.54. The summed E-state index contributed by atoms with van der Waals surface area (Å²) in [6, 6.07) is 6.89. The van der Waals surface area contributed by atoms with Crippen LogP contribution in [0, 0.1) is 6.92 Å². The number of aryl methyl sites for hydroxylation is 2. The van der Waals surface area contributed by atoms with Gasteiger partial charge in [0.25, 0.3) is 0 Å². The lowest BCUT2D eigenvalue weighted by atomic mass is 10.2.